The topological polar surface area (TPSA) is 62.2 Å². The van der Waals surface area contributed by atoms with Crippen LogP contribution >= 0.6 is 11.3 Å². The van der Waals surface area contributed by atoms with Gasteiger partial charge in [0.25, 0.3) is 0 Å². The van der Waals surface area contributed by atoms with Crippen molar-refractivity contribution in [2.24, 2.45) is 0 Å². The van der Waals surface area contributed by atoms with Crippen molar-refractivity contribution in [3.8, 4) is 0 Å². The van der Waals surface area contributed by atoms with Gasteiger partial charge in [0.05, 0.1) is 11.9 Å². The largest absolute Gasteiger partial charge is 0.477 e. The van der Waals surface area contributed by atoms with Crippen molar-refractivity contribution >= 4 is 23.0 Å². The third-order valence-electron chi connectivity index (χ3n) is 2.25. The number of thiophene rings is 1. The Morgan fingerprint density at radius 3 is 2.76 bits per heavy atom. The molecule has 17 heavy (non-hydrogen) atoms. The van der Waals surface area contributed by atoms with Crippen LogP contribution in [0.25, 0.3) is 0 Å². The summed E-state index contributed by atoms with van der Waals surface area (Å²) in [4.78, 5) is 17.0. The van der Waals surface area contributed by atoms with Gasteiger partial charge in [0.1, 0.15) is 5.69 Å². The zero-order valence-corrected chi connectivity index (χ0v) is 10.1. The van der Waals surface area contributed by atoms with Crippen molar-refractivity contribution in [1.29, 1.82) is 0 Å². The molecular formula is C12H12N2O2S. The molecule has 88 valence electrons. The van der Waals surface area contributed by atoms with E-state index in [1.807, 2.05) is 0 Å². The first-order valence-electron chi connectivity index (χ1n) is 5.13. The first kappa shape index (κ1) is 11.6. The molecule has 0 bridgehead atoms. The molecule has 0 unspecified atom stereocenters. The van der Waals surface area contributed by atoms with Gasteiger partial charge in [-0.25, -0.2) is 9.78 Å². The monoisotopic (exact) mass is 248 g/mol. The standard InChI is InChI=1S/C12H12N2O2S/c1-8-2-4-10(17-8)7-13-9-3-5-11(12(15)16)14-6-9/h2-6,13H,7H2,1H3,(H,15,16). The van der Waals surface area contributed by atoms with Gasteiger partial charge in [0.2, 0.25) is 0 Å². The molecule has 0 spiro atoms. The lowest BCUT2D eigenvalue weighted by atomic mass is 10.3. The molecule has 2 aromatic rings. The van der Waals surface area contributed by atoms with Crippen molar-refractivity contribution in [2.75, 3.05) is 5.32 Å². The number of anilines is 1. The number of hydrogen-bond donors (Lipinski definition) is 2. The normalized spacial score (nSPS) is 10.2. The van der Waals surface area contributed by atoms with Crippen LogP contribution in [-0.2, 0) is 6.54 Å². The van der Waals surface area contributed by atoms with E-state index < -0.39 is 5.97 Å². The van der Waals surface area contributed by atoms with Crippen LogP contribution in [0.5, 0.6) is 0 Å². The Hall–Kier alpha value is -1.88. The molecule has 2 rings (SSSR count). The molecule has 0 aromatic carbocycles. The van der Waals surface area contributed by atoms with Crippen LogP contribution in [0, 0.1) is 6.92 Å². The van der Waals surface area contributed by atoms with Gasteiger partial charge in [-0.2, -0.15) is 0 Å². The quantitative estimate of drug-likeness (QED) is 0.873. The fraction of sp³-hybridized carbons (Fsp3) is 0.167. The molecule has 2 N–H and O–H groups in total. The molecule has 0 atom stereocenters. The van der Waals surface area contributed by atoms with E-state index >= 15 is 0 Å². The van der Waals surface area contributed by atoms with E-state index in [0.717, 1.165) is 12.2 Å². The summed E-state index contributed by atoms with van der Waals surface area (Å²) in [5, 5.41) is 11.9. The van der Waals surface area contributed by atoms with Crippen molar-refractivity contribution in [2.45, 2.75) is 13.5 Å². The fourth-order valence-corrected chi connectivity index (χ4v) is 2.22. The smallest absolute Gasteiger partial charge is 0.354 e. The van der Waals surface area contributed by atoms with Gasteiger partial charge in [-0.15, -0.1) is 11.3 Å². The minimum absolute atomic E-state index is 0.0579. The Morgan fingerprint density at radius 2 is 2.24 bits per heavy atom. The molecule has 0 fully saturated rings. The van der Waals surface area contributed by atoms with Crippen molar-refractivity contribution < 1.29 is 9.90 Å². The molecule has 0 aliphatic rings. The van der Waals surface area contributed by atoms with E-state index in [2.05, 4.69) is 29.4 Å². The maximum atomic E-state index is 10.6. The second-order valence-corrected chi connectivity index (χ2v) is 4.98. The predicted octanol–water partition coefficient (Wildman–Crippen LogP) is 2.76. The highest BCUT2D eigenvalue weighted by atomic mass is 32.1. The van der Waals surface area contributed by atoms with Gasteiger partial charge >= 0.3 is 5.97 Å². The first-order chi connectivity index (χ1) is 8.15. The van der Waals surface area contributed by atoms with Crippen LogP contribution in [0.1, 0.15) is 20.2 Å². The molecule has 5 heteroatoms. The van der Waals surface area contributed by atoms with Crippen LogP contribution < -0.4 is 5.32 Å². The summed E-state index contributed by atoms with van der Waals surface area (Å²) in [7, 11) is 0. The Bertz CT molecular complexity index is 520. The maximum absolute atomic E-state index is 10.6. The number of aryl methyl sites for hydroxylation is 1. The SMILES string of the molecule is Cc1ccc(CNc2ccc(C(=O)O)nc2)s1. The highest BCUT2D eigenvalue weighted by Crippen LogP contribution is 2.16. The summed E-state index contributed by atoms with van der Waals surface area (Å²) in [6.45, 7) is 2.80. The lowest BCUT2D eigenvalue weighted by molar-refractivity contribution is 0.0690. The minimum Gasteiger partial charge on any atom is -0.477 e. The minimum atomic E-state index is -1.01. The average Bonchev–Trinajstić information content (AvgIpc) is 2.73. The van der Waals surface area contributed by atoms with Crippen molar-refractivity contribution in [1.82, 2.24) is 4.98 Å². The summed E-state index contributed by atoms with van der Waals surface area (Å²) >= 11 is 1.74. The van der Waals surface area contributed by atoms with E-state index in [9.17, 15) is 4.79 Å². The van der Waals surface area contributed by atoms with E-state index in [1.165, 1.54) is 22.0 Å². The van der Waals surface area contributed by atoms with Gasteiger partial charge in [0, 0.05) is 16.3 Å². The molecular weight excluding hydrogens is 236 g/mol. The average molecular weight is 248 g/mol. The predicted molar refractivity (Wildman–Crippen MR) is 67.6 cm³/mol. The van der Waals surface area contributed by atoms with Crippen LogP contribution in [0.15, 0.2) is 30.5 Å². The van der Waals surface area contributed by atoms with Gasteiger partial charge in [0.15, 0.2) is 0 Å². The van der Waals surface area contributed by atoms with Crippen molar-refractivity contribution in [3.63, 3.8) is 0 Å². The van der Waals surface area contributed by atoms with Gasteiger partial charge in [-0.1, -0.05) is 0 Å². The molecule has 0 radical (unpaired) electrons. The zero-order valence-electron chi connectivity index (χ0n) is 9.30. The molecule has 0 aliphatic carbocycles. The molecule has 0 amide bonds. The van der Waals surface area contributed by atoms with Gasteiger partial charge in [-0.3, -0.25) is 0 Å². The number of carboxylic acids is 1. The van der Waals surface area contributed by atoms with E-state index in [4.69, 9.17) is 5.11 Å². The van der Waals surface area contributed by atoms with E-state index in [-0.39, 0.29) is 5.69 Å². The van der Waals surface area contributed by atoms with Crippen molar-refractivity contribution in [3.05, 3.63) is 45.9 Å². The highest BCUT2D eigenvalue weighted by molar-refractivity contribution is 7.11. The van der Waals surface area contributed by atoms with Gasteiger partial charge in [-0.05, 0) is 31.2 Å². The number of nitrogens with one attached hydrogen (secondary N) is 1. The summed E-state index contributed by atoms with van der Waals surface area (Å²) in [5.74, 6) is -1.01. The van der Waals surface area contributed by atoms with Crippen LogP contribution in [0.3, 0.4) is 0 Å². The van der Waals surface area contributed by atoms with Gasteiger partial charge < -0.3 is 10.4 Å². The first-order valence-corrected chi connectivity index (χ1v) is 5.95. The molecule has 2 heterocycles. The van der Waals surface area contributed by atoms with Crippen LogP contribution in [0.2, 0.25) is 0 Å². The Labute approximate surface area is 103 Å². The van der Waals surface area contributed by atoms with E-state index in [1.54, 1.807) is 17.4 Å². The van der Waals surface area contributed by atoms with Crippen LogP contribution in [-0.4, -0.2) is 16.1 Å². The zero-order chi connectivity index (χ0) is 12.3. The lowest BCUT2D eigenvalue weighted by Crippen LogP contribution is -2.02. The second-order valence-electron chi connectivity index (χ2n) is 3.60. The third-order valence-corrected chi connectivity index (χ3v) is 3.25. The molecule has 0 saturated heterocycles. The summed E-state index contributed by atoms with van der Waals surface area (Å²) in [6.07, 6.45) is 1.53. The Morgan fingerprint density at radius 1 is 1.41 bits per heavy atom. The number of carboxylic acid groups (broad SMARTS) is 1. The number of aromatic nitrogens is 1. The molecule has 0 saturated carbocycles. The molecule has 2 aromatic heterocycles. The van der Waals surface area contributed by atoms with E-state index in [0.29, 0.717) is 0 Å². The summed E-state index contributed by atoms with van der Waals surface area (Å²) in [6, 6.07) is 7.36. The lowest BCUT2D eigenvalue weighted by Gasteiger charge is -2.04. The van der Waals surface area contributed by atoms with Crippen LogP contribution in [0.4, 0.5) is 5.69 Å². The second kappa shape index (κ2) is 4.97. The molecule has 0 aliphatic heterocycles. The number of nitrogens with zero attached hydrogens (tertiary/aromatic N) is 1. The molecule has 4 nitrogen and oxygen atoms in total. The summed E-state index contributed by atoms with van der Waals surface area (Å²) < 4.78 is 0. The number of aromatic carboxylic acids is 1. The maximum Gasteiger partial charge on any atom is 0.354 e. The third kappa shape index (κ3) is 3.04. The Kier molecular flexibility index (Phi) is 3.39. The fourth-order valence-electron chi connectivity index (χ4n) is 1.39. The summed E-state index contributed by atoms with van der Waals surface area (Å²) in [5.41, 5.74) is 0.878. The highest BCUT2D eigenvalue weighted by Gasteiger charge is 2.03. The number of carbonyl (C=O) groups is 1. The Balaban J connectivity index is 1.97. The number of hydrogen-bond acceptors (Lipinski definition) is 4. The number of rotatable bonds is 4. The number of pyridine rings is 1.